The van der Waals surface area contributed by atoms with Crippen LogP contribution >= 0.6 is 38.9 Å². The molecular formula is C10H6BrClN2O3S. The summed E-state index contributed by atoms with van der Waals surface area (Å²) in [5.41, 5.74) is -1.11. The molecule has 0 atom stereocenters. The monoisotopic (exact) mass is 348 g/mol. The number of halogens is 2. The lowest BCUT2D eigenvalue weighted by Crippen LogP contribution is -2.22. The number of aromatic nitrogens is 1. The van der Waals surface area contributed by atoms with E-state index in [2.05, 4.69) is 15.9 Å². The van der Waals surface area contributed by atoms with Crippen LogP contribution in [0.15, 0.2) is 33.0 Å². The van der Waals surface area contributed by atoms with Crippen molar-refractivity contribution in [2.24, 2.45) is 0 Å². The molecule has 0 aliphatic carbocycles. The third-order valence-corrected chi connectivity index (χ3v) is 4.04. The molecule has 0 spiro atoms. The summed E-state index contributed by atoms with van der Waals surface area (Å²) in [5, 5.41) is 13.1. The van der Waals surface area contributed by atoms with Gasteiger partial charge in [-0.3, -0.25) is 14.9 Å². The Kier molecular flexibility index (Phi) is 3.84. The third kappa shape index (κ3) is 2.63. The molecule has 2 rings (SSSR count). The van der Waals surface area contributed by atoms with Crippen molar-refractivity contribution in [3.8, 4) is 0 Å². The van der Waals surface area contributed by atoms with Crippen LogP contribution in [0.4, 0.5) is 5.69 Å². The highest BCUT2D eigenvalue weighted by atomic mass is 79.9. The molecule has 18 heavy (non-hydrogen) atoms. The van der Waals surface area contributed by atoms with E-state index in [0.717, 1.165) is 4.88 Å². The number of rotatable bonds is 3. The fourth-order valence-corrected chi connectivity index (χ4v) is 2.98. The van der Waals surface area contributed by atoms with E-state index in [0.29, 0.717) is 9.50 Å². The summed E-state index contributed by atoms with van der Waals surface area (Å²) < 4.78 is 1.74. The van der Waals surface area contributed by atoms with E-state index in [1.54, 1.807) is 11.4 Å². The van der Waals surface area contributed by atoms with Gasteiger partial charge in [-0.15, -0.1) is 11.3 Å². The van der Waals surface area contributed by atoms with Gasteiger partial charge in [-0.2, -0.15) is 0 Å². The Morgan fingerprint density at radius 2 is 2.28 bits per heavy atom. The zero-order valence-corrected chi connectivity index (χ0v) is 12.0. The Hall–Kier alpha value is -1.18. The molecule has 0 bridgehead atoms. The molecule has 2 aromatic heterocycles. The van der Waals surface area contributed by atoms with E-state index in [-0.39, 0.29) is 6.54 Å². The summed E-state index contributed by atoms with van der Waals surface area (Å²) >= 11 is 10.5. The lowest BCUT2D eigenvalue weighted by atomic mass is 10.4. The molecule has 0 aliphatic rings. The first-order valence-corrected chi connectivity index (χ1v) is 6.80. The fourth-order valence-electron chi connectivity index (χ4n) is 1.43. The molecule has 2 heterocycles. The lowest BCUT2D eigenvalue weighted by Gasteiger charge is -2.05. The molecule has 0 saturated carbocycles. The summed E-state index contributed by atoms with van der Waals surface area (Å²) in [7, 11) is 0. The van der Waals surface area contributed by atoms with Crippen molar-refractivity contribution in [1.29, 1.82) is 0 Å². The van der Waals surface area contributed by atoms with Gasteiger partial charge < -0.3 is 4.57 Å². The molecular weight excluding hydrogens is 344 g/mol. The Morgan fingerprint density at radius 3 is 2.83 bits per heavy atom. The van der Waals surface area contributed by atoms with Crippen LogP contribution in [0.2, 0.25) is 5.02 Å². The van der Waals surface area contributed by atoms with Crippen LogP contribution in [0, 0.1) is 10.1 Å². The molecule has 5 nitrogen and oxygen atoms in total. The van der Waals surface area contributed by atoms with Crippen molar-refractivity contribution >= 4 is 44.6 Å². The van der Waals surface area contributed by atoms with Crippen LogP contribution in [-0.2, 0) is 6.54 Å². The maximum absolute atomic E-state index is 11.9. The minimum Gasteiger partial charge on any atom is -0.303 e. The molecule has 0 aromatic carbocycles. The Morgan fingerprint density at radius 1 is 1.56 bits per heavy atom. The zero-order chi connectivity index (χ0) is 13.3. The van der Waals surface area contributed by atoms with Gasteiger partial charge in [0.1, 0.15) is 0 Å². The lowest BCUT2D eigenvalue weighted by molar-refractivity contribution is -0.386. The molecule has 0 unspecified atom stereocenters. The Balaban J connectivity index is 2.49. The standard InChI is InChI=1S/C10H6BrClN2O3S/c11-6-3-8(14(16)17)10(15)13(4-6)5-9-7(12)1-2-18-9/h1-4H,5H2. The van der Waals surface area contributed by atoms with Gasteiger partial charge in [0.05, 0.1) is 16.5 Å². The van der Waals surface area contributed by atoms with E-state index in [4.69, 9.17) is 11.6 Å². The van der Waals surface area contributed by atoms with Crippen LogP contribution in [-0.4, -0.2) is 9.49 Å². The second-order valence-electron chi connectivity index (χ2n) is 3.43. The predicted octanol–water partition coefficient (Wildman–Crippen LogP) is 3.28. The van der Waals surface area contributed by atoms with Gasteiger partial charge in [-0.1, -0.05) is 11.6 Å². The smallest absolute Gasteiger partial charge is 0.303 e. The third-order valence-electron chi connectivity index (χ3n) is 2.24. The normalized spacial score (nSPS) is 10.6. The second kappa shape index (κ2) is 5.21. The summed E-state index contributed by atoms with van der Waals surface area (Å²) in [4.78, 5) is 22.7. The molecule has 0 radical (unpaired) electrons. The Bertz CT molecular complexity index is 667. The largest absolute Gasteiger partial charge is 0.335 e. The fraction of sp³-hybridized carbons (Fsp3) is 0.100. The second-order valence-corrected chi connectivity index (χ2v) is 5.75. The van der Waals surface area contributed by atoms with Gasteiger partial charge in [-0.05, 0) is 27.4 Å². The number of nitro groups is 1. The van der Waals surface area contributed by atoms with E-state index in [1.165, 1.54) is 28.2 Å². The predicted molar refractivity (Wildman–Crippen MR) is 73.5 cm³/mol. The van der Waals surface area contributed by atoms with Gasteiger partial charge in [0.2, 0.25) is 0 Å². The highest BCUT2D eigenvalue weighted by Gasteiger charge is 2.16. The molecule has 8 heteroatoms. The molecule has 94 valence electrons. The first-order chi connectivity index (χ1) is 8.49. The van der Waals surface area contributed by atoms with E-state index >= 15 is 0 Å². The van der Waals surface area contributed by atoms with E-state index in [9.17, 15) is 14.9 Å². The minimum absolute atomic E-state index is 0.218. The molecule has 0 amide bonds. The van der Waals surface area contributed by atoms with Gasteiger partial charge in [0.25, 0.3) is 0 Å². The maximum Gasteiger partial charge on any atom is 0.335 e. The van der Waals surface area contributed by atoms with Crippen molar-refractivity contribution in [2.75, 3.05) is 0 Å². The van der Waals surface area contributed by atoms with Gasteiger partial charge in [0, 0.05) is 21.6 Å². The SMILES string of the molecule is O=c1c([N+](=O)[O-])cc(Br)cn1Cc1sccc1Cl. The van der Waals surface area contributed by atoms with Crippen LogP contribution in [0.25, 0.3) is 0 Å². The van der Waals surface area contributed by atoms with Gasteiger partial charge in [-0.25, -0.2) is 0 Å². The first kappa shape index (κ1) is 13.3. The topological polar surface area (TPSA) is 65.1 Å². The van der Waals surface area contributed by atoms with Crippen LogP contribution < -0.4 is 5.56 Å². The molecule has 0 fully saturated rings. The average molecular weight is 350 g/mol. The quantitative estimate of drug-likeness (QED) is 0.631. The molecule has 2 aromatic rings. The molecule has 0 aliphatic heterocycles. The van der Waals surface area contributed by atoms with E-state index < -0.39 is 16.2 Å². The van der Waals surface area contributed by atoms with Crippen molar-refractivity contribution in [1.82, 2.24) is 4.57 Å². The summed E-state index contributed by atoms with van der Waals surface area (Å²) in [6.45, 7) is 0.218. The number of hydrogen-bond donors (Lipinski definition) is 0. The highest BCUT2D eigenvalue weighted by Crippen LogP contribution is 2.23. The summed E-state index contributed by atoms with van der Waals surface area (Å²) in [6, 6.07) is 2.91. The molecule has 0 N–H and O–H groups in total. The highest BCUT2D eigenvalue weighted by molar-refractivity contribution is 9.10. The maximum atomic E-state index is 11.9. The summed E-state index contributed by atoms with van der Waals surface area (Å²) in [5.74, 6) is 0. The van der Waals surface area contributed by atoms with Crippen molar-refractivity contribution in [3.63, 3.8) is 0 Å². The number of thiophene rings is 1. The number of nitrogens with zero attached hydrogens (tertiary/aromatic N) is 2. The van der Waals surface area contributed by atoms with Crippen molar-refractivity contribution in [2.45, 2.75) is 6.54 Å². The van der Waals surface area contributed by atoms with Crippen LogP contribution in [0.1, 0.15) is 4.88 Å². The van der Waals surface area contributed by atoms with Crippen LogP contribution in [0.3, 0.4) is 0 Å². The van der Waals surface area contributed by atoms with Gasteiger partial charge in [0.15, 0.2) is 0 Å². The number of hydrogen-bond acceptors (Lipinski definition) is 4. The van der Waals surface area contributed by atoms with Crippen LogP contribution in [0.5, 0.6) is 0 Å². The number of pyridine rings is 1. The first-order valence-electron chi connectivity index (χ1n) is 4.75. The molecule has 0 saturated heterocycles. The summed E-state index contributed by atoms with van der Waals surface area (Å²) in [6.07, 6.45) is 1.51. The van der Waals surface area contributed by atoms with Gasteiger partial charge >= 0.3 is 11.2 Å². The van der Waals surface area contributed by atoms with Crippen molar-refractivity contribution < 1.29 is 4.92 Å². The van der Waals surface area contributed by atoms with Crippen molar-refractivity contribution in [3.05, 3.63) is 58.6 Å². The zero-order valence-electron chi connectivity index (χ0n) is 8.80. The average Bonchev–Trinajstić information content (AvgIpc) is 2.69. The minimum atomic E-state index is -0.695. The van der Waals surface area contributed by atoms with E-state index in [1.807, 2.05) is 0 Å². The Labute approximate surface area is 119 Å².